The molecule has 2 aromatic rings. The lowest BCUT2D eigenvalue weighted by atomic mass is 10.2. The van der Waals surface area contributed by atoms with Gasteiger partial charge in [0.05, 0.1) is 23.1 Å². The summed E-state index contributed by atoms with van der Waals surface area (Å²) < 4.78 is 6.95. The minimum absolute atomic E-state index is 0.0608. The van der Waals surface area contributed by atoms with E-state index in [1.54, 1.807) is 17.7 Å². The lowest BCUT2D eigenvalue weighted by molar-refractivity contribution is 0.0453. The van der Waals surface area contributed by atoms with Gasteiger partial charge < -0.3 is 10.5 Å². The highest BCUT2D eigenvalue weighted by atomic mass is 16.5. The molecule has 0 fully saturated rings. The third-order valence-electron chi connectivity index (χ3n) is 2.80. The predicted octanol–water partition coefficient (Wildman–Crippen LogP) is 1.50. The Balaban J connectivity index is 2.09. The van der Waals surface area contributed by atoms with Gasteiger partial charge in [0.15, 0.2) is 12.4 Å². The highest BCUT2D eigenvalue weighted by molar-refractivity contribution is 5.91. The highest BCUT2D eigenvalue weighted by Crippen LogP contribution is 2.12. The molecular formula is C13H17N5O2. The summed E-state index contributed by atoms with van der Waals surface area (Å²) in [4.78, 5) is 20.1. The van der Waals surface area contributed by atoms with Crippen molar-refractivity contribution >= 4 is 11.7 Å². The number of nitrogen functional groups attached to an aromatic ring is 1. The van der Waals surface area contributed by atoms with Gasteiger partial charge in [-0.15, -0.1) is 0 Å². The van der Waals surface area contributed by atoms with Gasteiger partial charge in [-0.05, 0) is 26.8 Å². The van der Waals surface area contributed by atoms with Crippen LogP contribution in [0.15, 0.2) is 18.6 Å². The molecule has 7 nitrogen and oxygen atoms in total. The van der Waals surface area contributed by atoms with Gasteiger partial charge in [0.25, 0.3) is 0 Å². The van der Waals surface area contributed by atoms with Crippen molar-refractivity contribution in [2.24, 2.45) is 0 Å². The fourth-order valence-corrected chi connectivity index (χ4v) is 1.77. The van der Waals surface area contributed by atoms with Gasteiger partial charge in [0.2, 0.25) is 0 Å². The Labute approximate surface area is 116 Å². The fraction of sp³-hybridized carbons (Fsp3) is 0.385. The zero-order valence-electron chi connectivity index (χ0n) is 11.7. The number of ether oxygens (including phenoxy) is 1. The number of nitrogens with zero attached hydrogens (tertiary/aromatic N) is 4. The standard InChI is InChI=1S/C13H17N5O2/c1-8(2)18-12(16-7-17-18)6-20-13(19)11-4-10(14)5-15-9(11)3/h4-5,7-8H,6,14H2,1-3H3. The number of aromatic nitrogens is 4. The highest BCUT2D eigenvalue weighted by Gasteiger charge is 2.15. The number of esters is 1. The topological polar surface area (TPSA) is 95.9 Å². The Kier molecular flexibility index (Phi) is 3.97. The number of anilines is 1. The smallest absolute Gasteiger partial charge is 0.340 e. The number of carbonyl (C=O) groups is 1. The van der Waals surface area contributed by atoms with Crippen LogP contribution in [0, 0.1) is 6.92 Å². The molecule has 2 aromatic heterocycles. The number of hydrogen-bond acceptors (Lipinski definition) is 6. The summed E-state index contributed by atoms with van der Waals surface area (Å²) in [7, 11) is 0. The molecule has 2 rings (SSSR count). The summed E-state index contributed by atoms with van der Waals surface area (Å²) in [5.41, 5.74) is 6.99. The molecule has 0 amide bonds. The first-order valence-corrected chi connectivity index (χ1v) is 6.26. The lowest BCUT2D eigenvalue weighted by Crippen LogP contribution is -2.13. The minimum atomic E-state index is -0.472. The van der Waals surface area contributed by atoms with Gasteiger partial charge >= 0.3 is 5.97 Å². The maximum Gasteiger partial charge on any atom is 0.340 e. The van der Waals surface area contributed by atoms with Crippen LogP contribution in [0.3, 0.4) is 0 Å². The number of nitrogens with two attached hydrogens (primary N) is 1. The zero-order chi connectivity index (χ0) is 14.7. The van der Waals surface area contributed by atoms with Gasteiger partial charge in [0, 0.05) is 6.04 Å². The number of hydrogen-bond donors (Lipinski definition) is 1. The summed E-state index contributed by atoms with van der Waals surface area (Å²) in [6.45, 7) is 5.75. The Hall–Kier alpha value is -2.44. The van der Waals surface area contributed by atoms with E-state index in [0.717, 1.165) is 0 Å². The zero-order valence-corrected chi connectivity index (χ0v) is 11.7. The molecule has 0 aliphatic heterocycles. The van der Waals surface area contributed by atoms with E-state index >= 15 is 0 Å². The van der Waals surface area contributed by atoms with Crippen molar-refractivity contribution in [1.29, 1.82) is 0 Å². The SMILES string of the molecule is Cc1ncc(N)cc1C(=O)OCc1ncnn1C(C)C. The van der Waals surface area contributed by atoms with E-state index in [1.165, 1.54) is 12.5 Å². The number of aryl methyl sites for hydroxylation is 1. The third kappa shape index (κ3) is 2.93. The predicted molar refractivity (Wildman–Crippen MR) is 72.9 cm³/mol. The Morgan fingerprint density at radius 1 is 1.45 bits per heavy atom. The molecule has 0 unspecified atom stereocenters. The maximum atomic E-state index is 12.0. The number of carbonyl (C=O) groups excluding carboxylic acids is 1. The van der Waals surface area contributed by atoms with Crippen LogP contribution in [0.5, 0.6) is 0 Å². The Bertz CT molecular complexity index is 621. The molecule has 0 aliphatic carbocycles. The van der Waals surface area contributed by atoms with Crippen LogP contribution >= 0.6 is 0 Å². The largest absolute Gasteiger partial charge is 0.454 e. The molecule has 0 saturated heterocycles. The summed E-state index contributed by atoms with van der Waals surface area (Å²) >= 11 is 0. The monoisotopic (exact) mass is 275 g/mol. The molecule has 20 heavy (non-hydrogen) atoms. The van der Waals surface area contributed by atoms with E-state index in [-0.39, 0.29) is 12.6 Å². The molecule has 2 heterocycles. The van der Waals surface area contributed by atoms with Crippen molar-refractivity contribution in [2.45, 2.75) is 33.4 Å². The third-order valence-corrected chi connectivity index (χ3v) is 2.80. The van der Waals surface area contributed by atoms with Crippen molar-refractivity contribution in [1.82, 2.24) is 19.7 Å². The van der Waals surface area contributed by atoms with Crippen LogP contribution in [-0.2, 0) is 11.3 Å². The van der Waals surface area contributed by atoms with E-state index in [4.69, 9.17) is 10.5 Å². The van der Waals surface area contributed by atoms with Crippen LogP contribution in [0.1, 0.15) is 41.8 Å². The summed E-state index contributed by atoms with van der Waals surface area (Å²) in [6, 6.07) is 1.71. The normalized spacial score (nSPS) is 10.8. The number of rotatable bonds is 4. The molecule has 7 heteroatoms. The second-order valence-electron chi connectivity index (χ2n) is 4.69. The van der Waals surface area contributed by atoms with Gasteiger partial charge in [0.1, 0.15) is 6.33 Å². The van der Waals surface area contributed by atoms with Crippen molar-refractivity contribution in [3.63, 3.8) is 0 Å². The fourth-order valence-electron chi connectivity index (χ4n) is 1.77. The summed E-state index contributed by atoms with van der Waals surface area (Å²) in [5.74, 6) is 0.128. The van der Waals surface area contributed by atoms with E-state index < -0.39 is 5.97 Å². The average molecular weight is 275 g/mol. The molecule has 0 radical (unpaired) electrons. The summed E-state index contributed by atoms with van der Waals surface area (Å²) in [5, 5.41) is 4.08. The van der Waals surface area contributed by atoms with E-state index in [9.17, 15) is 4.79 Å². The van der Waals surface area contributed by atoms with Crippen molar-refractivity contribution in [3.8, 4) is 0 Å². The molecule has 2 N–H and O–H groups in total. The van der Waals surface area contributed by atoms with Crippen molar-refractivity contribution in [3.05, 3.63) is 35.7 Å². The van der Waals surface area contributed by atoms with E-state index in [0.29, 0.717) is 22.8 Å². The molecule has 0 atom stereocenters. The molecule has 106 valence electrons. The first-order chi connectivity index (χ1) is 9.49. The molecule has 0 bridgehead atoms. The molecule has 0 aromatic carbocycles. The van der Waals surface area contributed by atoms with Gasteiger partial charge in [-0.3, -0.25) is 4.98 Å². The average Bonchev–Trinajstić information content (AvgIpc) is 2.87. The van der Waals surface area contributed by atoms with Crippen LogP contribution in [-0.4, -0.2) is 25.7 Å². The van der Waals surface area contributed by atoms with Gasteiger partial charge in [-0.2, -0.15) is 5.10 Å². The second kappa shape index (κ2) is 5.68. The van der Waals surface area contributed by atoms with Crippen LogP contribution in [0.2, 0.25) is 0 Å². The first kappa shape index (κ1) is 14.0. The molecule has 0 saturated carbocycles. The Morgan fingerprint density at radius 2 is 2.20 bits per heavy atom. The minimum Gasteiger partial charge on any atom is -0.454 e. The molecule has 0 spiro atoms. The second-order valence-corrected chi connectivity index (χ2v) is 4.69. The number of pyridine rings is 1. The van der Waals surface area contributed by atoms with Crippen LogP contribution in [0.4, 0.5) is 5.69 Å². The lowest BCUT2D eigenvalue weighted by Gasteiger charge is -2.10. The van der Waals surface area contributed by atoms with E-state index in [2.05, 4.69) is 15.1 Å². The van der Waals surface area contributed by atoms with Crippen molar-refractivity contribution < 1.29 is 9.53 Å². The summed E-state index contributed by atoms with van der Waals surface area (Å²) in [6.07, 6.45) is 2.94. The molecular weight excluding hydrogens is 258 g/mol. The van der Waals surface area contributed by atoms with Gasteiger partial charge in [-0.1, -0.05) is 0 Å². The van der Waals surface area contributed by atoms with Crippen LogP contribution in [0.25, 0.3) is 0 Å². The van der Waals surface area contributed by atoms with Crippen LogP contribution < -0.4 is 5.73 Å². The van der Waals surface area contributed by atoms with Gasteiger partial charge in [-0.25, -0.2) is 14.5 Å². The maximum absolute atomic E-state index is 12.0. The van der Waals surface area contributed by atoms with E-state index in [1.807, 2.05) is 13.8 Å². The van der Waals surface area contributed by atoms with Crippen molar-refractivity contribution in [2.75, 3.05) is 5.73 Å². The quantitative estimate of drug-likeness (QED) is 0.849. The molecule has 0 aliphatic rings. The first-order valence-electron chi connectivity index (χ1n) is 6.26. The Morgan fingerprint density at radius 3 is 2.90 bits per heavy atom.